The first-order valence-electron chi connectivity index (χ1n) is 14.4. The minimum atomic E-state index is -3.75. The second-order valence-corrected chi connectivity index (χ2v) is 12.7. The number of hydrogen-bond donors (Lipinski definition) is 2. The van der Waals surface area contributed by atoms with Gasteiger partial charge in [-0.3, -0.25) is 14.4 Å². The molecule has 0 aliphatic heterocycles. The minimum absolute atomic E-state index is 0.0109. The highest BCUT2D eigenvalue weighted by Crippen LogP contribution is 2.51. The zero-order chi connectivity index (χ0) is 30.2. The summed E-state index contributed by atoms with van der Waals surface area (Å²) in [6, 6.07) is 13.2. The minimum Gasteiger partial charge on any atom is -0.491 e. The number of ether oxygens (including phenoxy) is 1. The van der Waals surface area contributed by atoms with E-state index in [0.717, 1.165) is 31.1 Å². The lowest BCUT2D eigenvalue weighted by molar-refractivity contribution is -0.144. The van der Waals surface area contributed by atoms with Crippen molar-refractivity contribution >= 4 is 44.2 Å². The van der Waals surface area contributed by atoms with Gasteiger partial charge in [-0.2, -0.15) is 8.78 Å². The molecule has 5 rings (SSSR count). The molecule has 2 aliphatic carbocycles. The number of amides is 1. The van der Waals surface area contributed by atoms with E-state index in [4.69, 9.17) is 10.5 Å². The quantitative estimate of drug-likeness (QED) is 0.197. The number of halogens is 3. The van der Waals surface area contributed by atoms with E-state index >= 15 is 8.78 Å². The molecule has 5 atom stereocenters. The average molecular weight is 642 g/mol. The van der Waals surface area contributed by atoms with Crippen molar-refractivity contribution in [3.05, 3.63) is 76.3 Å². The highest BCUT2D eigenvalue weighted by molar-refractivity contribution is 9.10. The third-order valence-electron chi connectivity index (χ3n) is 8.79. The molecular formula is C33H35BrF2N2O4. The van der Waals surface area contributed by atoms with E-state index in [0.29, 0.717) is 22.2 Å². The predicted octanol–water partition coefficient (Wildman–Crippen LogP) is 6.43. The average Bonchev–Trinajstić information content (AvgIpc) is 3.27. The molecular weight excluding hydrogens is 606 g/mol. The number of nitrogens with one attached hydrogen (secondary N) is 1. The van der Waals surface area contributed by atoms with Gasteiger partial charge in [0.25, 0.3) is 11.8 Å². The highest BCUT2D eigenvalue weighted by atomic mass is 79.9. The molecule has 2 aliphatic rings. The number of ketones is 2. The van der Waals surface area contributed by atoms with Gasteiger partial charge < -0.3 is 15.8 Å². The van der Waals surface area contributed by atoms with Crippen LogP contribution in [0.3, 0.4) is 0 Å². The lowest BCUT2D eigenvalue weighted by atomic mass is 9.68. The molecule has 3 aromatic carbocycles. The molecule has 1 amide bonds. The monoisotopic (exact) mass is 640 g/mol. The lowest BCUT2D eigenvalue weighted by Crippen LogP contribution is -2.56. The molecule has 0 radical (unpaired) electrons. The fraction of sp³-hybridized carbons (Fsp3) is 0.424. The summed E-state index contributed by atoms with van der Waals surface area (Å²) in [6.07, 6.45) is 3.10. The Kier molecular flexibility index (Phi) is 8.81. The van der Waals surface area contributed by atoms with Crippen molar-refractivity contribution in [2.75, 3.05) is 6.54 Å². The van der Waals surface area contributed by atoms with Crippen LogP contribution in [0.5, 0.6) is 5.75 Å². The van der Waals surface area contributed by atoms with E-state index in [9.17, 15) is 14.4 Å². The predicted molar refractivity (Wildman–Crippen MR) is 160 cm³/mol. The highest BCUT2D eigenvalue weighted by Gasteiger charge is 2.55. The van der Waals surface area contributed by atoms with Crippen molar-refractivity contribution in [1.29, 1.82) is 0 Å². The molecule has 42 heavy (non-hydrogen) atoms. The Hall–Kier alpha value is -3.17. The van der Waals surface area contributed by atoms with Gasteiger partial charge in [-0.05, 0) is 105 Å². The standard InChI is InChI=1S/C33H35BrF2N2O4/c1-18(2)42-26-13-7-20-15-22(5-4-21(20)16-26)29(39)32(41)38-31(33(35,36)24-9-11-25(34)12-10-24)30(40)28-19-3-6-23(17-37)27(28)14-8-19/h4-5,7,9-13,15-16,18-19,23,27-28,31H,3,6,8,14,17,37H2,1-2H3,(H,38,41)/t19?,23?,27?,28?,31-/m1/s1. The number of carbonyl (C=O) groups is 3. The molecule has 2 saturated carbocycles. The Morgan fingerprint density at radius 2 is 1.64 bits per heavy atom. The van der Waals surface area contributed by atoms with Crippen LogP contribution in [0.15, 0.2) is 65.1 Å². The van der Waals surface area contributed by atoms with Gasteiger partial charge >= 0.3 is 0 Å². The van der Waals surface area contributed by atoms with Gasteiger partial charge in [0, 0.05) is 21.5 Å². The van der Waals surface area contributed by atoms with Crippen LogP contribution in [0.4, 0.5) is 8.78 Å². The van der Waals surface area contributed by atoms with Crippen molar-refractivity contribution in [3.8, 4) is 5.75 Å². The van der Waals surface area contributed by atoms with Crippen molar-refractivity contribution in [1.82, 2.24) is 5.32 Å². The molecule has 4 unspecified atom stereocenters. The van der Waals surface area contributed by atoms with E-state index in [-0.39, 0.29) is 29.4 Å². The first-order chi connectivity index (χ1) is 20.0. The maximum Gasteiger partial charge on any atom is 0.300 e. The van der Waals surface area contributed by atoms with Gasteiger partial charge in [0.05, 0.1) is 6.10 Å². The molecule has 2 fully saturated rings. The summed E-state index contributed by atoms with van der Waals surface area (Å²) in [5, 5.41) is 3.67. The molecule has 0 heterocycles. The van der Waals surface area contributed by atoms with Crippen molar-refractivity contribution in [2.45, 2.75) is 57.6 Å². The number of nitrogens with two attached hydrogens (primary N) is 1. The molecule has 222 valence electrons. The SMILES string of the molecule is CC(C)Oc1ccc2cc(C(=O)C(=O)N[C@H](C(=O)C3C4CCC(CN)C3CC4)C(F)(F)c3ccc(Br)cc3)ccc2c1. The van der Waals surface area contributed by atoms with Gasteiger partial charge in [-0.15, -0.1) is 0 Å². The Balaban J connectivity index is 1.44. The summed E-state index contributed by atoms with van der Waals surface area (Å²) in [5.41, 5.74) is 5.61. The molecule has 0 aromatic heterocycles. The van der Waals surface area contributed by atoms with Gasteiger partial charge in [-0.25, -0.2) is 0 Å². The fourth-order valence-corrected chi connectivity index (χ4v) is 7.02. The first-order valence-corrected chi connectivity index (χ1v) is 15.2. The van der Waals surface area contributed by atoms with E-state index in [1.807, 2.05) is 19.9 Å². The fourth-order valence-electron chi connectivity index (χ4n) is 6.76. The first kappa shape index (κ1) is 30.3. The Morgan fingerprint density at radius 3 is 2.33 bits per heavy atom. The van der Waals surface area contributed by atoms with Crippen molar-refractivity contribution in [2.24, 2.45) is 29.4 Å². The summed E-state index contributed by atoms with van der Waals surface area (Å²) >= 11 is 3.25. The number of alkyl halides is 2. The van der Waals surface area contributed by atoms with Crippen LogP contribution < -0.4 is 15.8 Å². The molecule has 0 spiro atoms. The number of Topliss-reactive ketones (excluding diaryl/α,β-unsaturated/α-hetero) is 2. The molecule has 2 bridgehead atoms. The maximum absolute atomic E-state index is 16.2. The van der Waals surface area contributed by atoms with Crippen LogP contribution in [-0.2, 0) is 15.5 Å². The Bertz CT molecular complexity index is 1490. The normalized spacial score (nSPS) is 22.6. The van der Waals surface area contributed by atoms with E-state index in [1.165, 1.54) is 36.4 Å². The number of hydrogen-bond acceptors (Lipinski definition) is 5. The second-order valence-electron chi connectivity index (χ2n) is 11.8. The zero-order valence-electron chi connectivity index (χ0n) is 23.6. The second kappa shape index (κ2) is 12.2. The number of rotatable bonds is 10. The summed E-state index contributed by atoms with van der Waals surface area (Å²) < 4.78 is 38.7. The Labute approximate surface area is 252 Å². The summed E-state index contributed by atoms with van der Waals surface area (Å²) in [6.45, 7) is 4.21. The van der Waals surface area contributed by atoms with Crippen LogP contribution in [0.1, 0.15) is 55.5 Å². The van der Waals surface area contributed by atoms with Crippen LogP contribution in [-0.4, -0.2) is 36.2 Å². The molecule has 6 nitrogen and oxygen atoms in total. The summed E-state index contributed by atoms with van der Waals surface area (Å²) in [4.78, 5) is 40.6. The van der Waals surface area contributed by atoms with E-state index in [2.05, 4.69) is 21.2 Å². The molecule has 0 saturated heterocycles. The molecule has 3 N–H and O–H groups in total. The third-order valence-corrected chi connectivity index (χ3v) is 9.32. The molecule has 3 aromatic rings. The van der Waals surface area contributed by atoms with Gasteiger partial charge in [0.15, 0.2) is 11.8 Å². The number of carbonyl (C=O) groups excluding carboxylic acids is 3. The van der Waals surface area contributed by atoms with Crippen molar-refractivity contribution < 1.29 is 27.9 Å². The largest absolute Gasteiger partial charge is 0.491 e. The molecule has 9 heteroatoms. The smallest absolute Gasteiger partial charge is 0.300 e. The van der Waals surface area contributed by atoms with Crippen LogP contribution in [0.2, 0.25) is 0 Å². The topological polar surface area (TPSA) is 98.5 Å². The third kappa shape index (κ3) is 5.99. The lowest BCUT2D eigenvalue weighted by Gasteiger charge is -2.38. The van der Waals surface area contributed by atoms with E-state index < -0.39 is 40.9 Å². The number of fused-ring (bicyclic) bond motifs is 3. The Morgan fingerprint density at radius 1 is 0.976 bits per heavy atom. The van der Waals surface area contributed by atoms with Gasteiger partial charge in [-0.1, -0.05) is 46.3 Å². The zero-order valence-corrected chi connectivity index (χ0v) is 25.2. The van der Waals surface area contributed by atoms with Crippen molar-refractivity contribution in [3.63, 3.8) is 0 Å². The van der Waals surface area contributed by atoms with Crippen LogP contribution in [0, 0.1) is 23.7 Å². The van der Waals surface area contributed by atoms with Gasteiger partial charge in [0.2, 0.25) is 5.78 Å². The van der Waals surface area contributed by atoms with Gasteiger partial charge in [0.1, 0.15) is 5.75 Å². The van der Waals surface area contributed by atoms with Crippen LogP contribution >= 0.6 is 15.9 Å². The maximum atomic E-state index is 16.2. The number of benzene rings is 3. The van der Waals surface area contributed by atoms with E-state index in [1.54, 1.807) is 18.2 Å². The van der Waals surface area contributed by atoms with Crippen LogP contribution in [0.25, 0.3) is 10.8 Å². The summed E-state index contributed by atoms with van der Waals surface area (Å²) in [7, 11) is 0. The summed E-state index contributed by atoms with van der Waals surface area (Å²) in [5.74, 6) is -6.77.